The van der Waals surface area contributed by atoms with Gasteiger partial charge in [-0.3, -0.25) is 4.79 Å². The molecule has 0 bridgehead atoms. The number of Topliss-reactive ketones (excluding diaryl/α,β-unsaturated/α-hetero) is 1. The number of fused-ring (bicyclic) bond motifs is 1. The summed E-state index contributed by atoms with van der Waals surface area (Å²) in [5.74, 6) is 3.17. The summed E-state index contributed by atoms with van der Waals surface area (Å²) in [7, 11) is 0. The summed E-state index contributed by atoms with van der Waals surface area (Å²) in [6.07, 6.45) is 7.36. The summed E-state index contributed by atoms with van der Waals surface area (Å²) in [6.45, 7) is 4.53. The van der Waals surface area contributed by atoms with E-state index in [-0.39, 0.29) is 0 Å². The van der Waals surface area contributed by atoms with Crippen molar-refractivity contribution in [2.75, 3.05) is 0 Å². The van der Waals surface area contributed by atoms with Crippen LogP contribution in [0.5, 0.6) is 0 Å². The predicted molar refractivity (Wildman–Crippen MR) is 58.0 cm³/mol. The molecule has 14 heavy (non-hydrogen) atoms. The minimum absolute atomic E-state index is 0.457. The Morgan fingerprint density at radius 1 is 1.21 bits per heavy atom. The molecule has 0 heterocycles. The molecule has 80 valence electrons. The average Bonchev–Trinajstić information content (AvgIpc) is 2.17. The average molecular weight is 194 g/mol. The van der Waals surface area contributed by atoms with Gasteiger partial charge in [-0.15, -0.1) is 0 Å². The summed E-state index contributed by atoms with van der Waals surface area (Å²) in [4.78, 5) is 11.9. The van der Waals surface area contributed by atoms with Crippen LogP contribution >= 0.6 is 0 Å². The highest BCUT2D eigenvalue weighted by molar-refractivity contribution is 5.82. The minimum Gasteiger partial charge on any atom is -0.299 e. The van der Waals surface area contributed by atoms with Gasteiger partial charge in [0.1, 0.15) is 5.78 Å². The zero-order chi connectivity index (χ0) is 10.1. The molecule has 0 unspecified atom stereocenters. The van der Waals surface area contributed by atoms with Crippen LogP contribution in [0.2, 0.25) is 0 Å². The fourth-order valence-electron chi connectivity index (χ4n) is 3.30. The standard InChI is InChI=1S/C13H22O/c1-9(2)11-7-10-5-3-4-6-12(10)13(14)8-11/h9-12H,3-8H2,1-2H3/t10-,11-,12+/m1/s1. The highest BCUT2D eigenvalue weighted by Crippen LogP contribution is 2.42. The van der Waals surface area contributed by atoms with Crippen LogP contribution < -0.4 is 0 Å². The van der Waals surface area contributed by atoms with Crippen molar-refractivity contribution in [1.29, 1.82) is 0 Å². The Hall–Kier alpha value is -0.330. The van der Waals surface area contributed by atoms with Crippen molar-refractivity contribution in [1.82, 2.24) is 0 Å². The Bertz CT molecular complexity index is 219. The molecule has 0 aromatic rings. The molecule has 2 aliphatic rings. The van der Waals surface area contributed by atoms with Crippen molar-refractivity contribution < 1.29 is 4.79 Å². The van der Waals surface area contributed by atoms with Gasteiger partial charge in [-0.1, -0.05) is 26.7 Å². The van der Waals surface area contributed by atoms with Gasteiger partial charge in [0.05, 0.1) is 0 Å². The van der Waals surface area contributed by atoms with Crippen LogP contribution in [0.4, 0.5) is 0 Å². The zero-order valence-corrected chi connectivity index (χ0v) is 9.46. The van der Waals surface area contributed by atoms with Gasteiger partial charge in [-0.25, -0.2) is 0 Å². The lowest BCUT2D eigenvalue weighted by molar-refractivity contribution is -0.130. The molecular formula is C13H22O. The number of carbonyl (C=O) groups excluding carboxylic acids is 1. The Balaban J connectivity index is 2.04. The molecule has 2 aliphatic carbocycles. The first-order valence-corrected chi connectivity index (χ1v) is 6.21. The summed E-state index contributed by atoms with van der Waals surface area (Å²) >= 11 is 0. The normalized spacial score (nSPS) is 38.5. The molecule has 0 aromatic heterocycles. The van der Waals surface area contributed by atoms with Crippen LogP contribution in [-0.2, 0) is 4.79 Å². The van der Waals surface area contributed by atoms with E-state index in [1.807, 2.05) is 0 Å². The maximum Gasteiger partial charge on any atom is 0.136 e. The van der Waals surface area contributed by atoms with Crippen molar-refractivity contribution in [3.05, 3.63) is 0 Å². The number of hydrogen-bond donors (Lipinski definition) is 0. The van der Waals surface area contributed by atoms with Crippen LogP contribution in [0.15, 0.2) is 0 Å². The summed E-state index contributed by atoms with van der Waals surface area (Å²) < 4.78 is 0. The van der Waals surface area contributed by atoms with Gasteiger partial charge in [0, 0.05) is 12.3 Å². The van der Waals surface area contributed by atoms with Crippen LogP contribution in [0.25, 0.3) is 0 Å². The molecule has 0 aliphatic heterocycles. The zero-order valence-electron chi connectivity index (χ0n) is 9.46. The van der Waals surface area contributed by atoms with Gasteiger partial charge in [-0.05, 0) is 37.0 Å². The Morgan fingerprint density at radius 3 is 2.64 bits per heavy atom. The van der Waals surface area contributed by atoms with Gasteiger partial charge in [-0.2, -0.15) is 0 Å². The second-order valence-electron chi connectivity index (χ2n) is 5.56. The molecule has 0 aromatic carbocycles. The number of rotatable bonds is 1. The van der Waals surface area contributed by atoms with E-state index in [2.05, 4.69) is 13.8 Å². The number of carbonyl (C=O) groups is 1. The number of ketones is 1. The molecule has 2 rings (SSSR count). The van der Waals surface area contributed by atoms with E-state index >= 15 is 0 Å². The third-order valence-corrected chi connectivity index (χ3v) is 4.33. The van der Waals surface area contributed by atoms with Gasteiger partial charge in [0.15, 0.2) is 0 Å². The molecular weight excluding hydrogens is 172 g/mol. The molecule has 1 heteroatoms. The van der Waals surface area contributed by atoms with E-state index in [0.29, 0.717) is 23.5 Å². The van der Waals surface area contributed by atoms with Crippen LogP contribution in [-0.4, -0.2) is 5.78 Å². The molecule has 2 fully saturated rings. The van der Waals surface area contributed by atoms with Crippen molar-refractivity contribution in [3.63, 3.8) is 0 Å². The Labute approximate surface area is 87.3 Å². The Kier molecular flexibility index (Phi) is 2.94. The fraction of sp³-hybridized carbons (Fsp3) is 0.923. The van der Waals surface area contributed by atoms with Crippen LogP contribution in [0.1, 0.15) is 52.4 Å². The molecule has 0 amide bonds. The van der Waals surface area contributed by atoms with Crippen LogP contribution in [0, 0.1) is 23.7 Å². The van der Waals surface area contributed by atoms with Gasteiger partial charge in [0.25, 0.3) is 0 Å². The van der Waals surface area contributed by atoms with Crippen molar-refractivity contribution >= 4 is 5.78 Å². The van der Waals surface area contributed by atoms with E-state index in [0.717, 1.165) is 12.3 Å². The first-order chi connectivity index (χ1) is 6.68. The molecule has 0 saturated heterocycles. The Morgan fingerprint density at radius 2 is 1.93 bits per heavy atom. The maximum atomic E-state index is 11.9. The highest BCUT2D eigenvalue weighted by Gasteiger charge is 2.38. The first-order valence-electron chi connectivity index (χ1n) is 6.21. The van der Waals surface area contributed by atoms with Gasteiger partial charge in [0.2, 0.25) is 0 Å². The lowest BCUT2D eigenvalue weighted by Gasteiger charge is -2.39. The van der Waals surface area contributed by atoms with Crippen molar-refractivity contribution in [3.8, 4) is 0 Å². The first kappa shape index (κ1) is 10.2. The maximum absolute atomic E-state index is 11.9. The molecule has 0 N–H and O–H groups in total. The minimum atomic E-state index is 0.457. The molecule has 0 radical (unpaired) electrons. The largest absolute Gasteiger partial charge is 0.299 e. The van der Waals surface area contributed by atoms with Crippen LogP contribution in [0.3, 0.4) is 0 Å². The summed E-state index contributed by atoms with van der Waals surface area (Å²) in [5.41, 5.74) is 0. The predicted octanol–water partition coefficient (Wildman–Crippen LogP) is 3.43. The smallest absolute Gasteiger partial charge is 0.136 e. The third-order valence-electron chi connectivity index (χ3n) is 4.33. The SMILES string of the molecule is CC(C)[C@H]1CC(=O)[C@H]2CCCC[C@@H]2C1. The van der Waals surface area contributed by atoms with E-state index in [1.54, 1.807) is 0 Å². The summed E-state index contributed by atoms with van der Waals surface area (Å²) in [5, 5.41) is 0. The molecule has 0 spiro atoms. The van der Waals surface area contributed by atoms with Crippen molar-refractivity contribution in [2.45, 2.75) is 52.4 Å². The molecule has 2 saturated carbocycles. The van der Waals surface area contributed by atoms with E-state index in [4.69, 9.17) is 0 Å². The highest BCUT2D eigenvalue weighted by atomic mass is 16.1. The topological polar surface area (TPSA) is 17.1 Å². The van der Waals surface area contributed by atoms with E-state index in [9.17, 15) is 4.79 Å². The molecule has 3 atom stereocenters. The molecule has 1 nitrogen and oxygen atoms in total. The summed E-state index contributed by atoms with van der Waals surface area (Å²) in [6, 6.07) is 0. The van der Waals surface area contributed by atoms with Gasteiger partial charge < -0.3 is 0 Å². The van der Waals surface area contributed by atoms with E-state index in [1.165, 1.54) is 32.1 Å². The fourth-order valence-corrected chi connectivity index (χ4v) is 3.30. The van der Waals surface area contributed by atoms with E-state index < -0.39 is 0 Å². The lowest BCUT2D eigenvalue weighted by Crippen LogP contribution is -2.36. The number of hydrogen-bond acceptors (Lipinski definition) is 1. The quantitative estimate of drug-likeness (QED) is 0.625. The van der Waals surface area contributed by atoms with Gasteiger partial charge >= 0.3 is 0 Å². The second kappa shape index (κ2) is 4.04. The monoisotopic (exact) mass is 194 g/mol. The second-order valence-corrected chi connectivity index (χ2v) is 5.56. The van der Waals surface area contributed by atoms with Crippen molar-refractivity contribution in [2.24, 2.45) is 23.7 Å². The lowest BCUT2D eigenvalue weighted by atomic mass is 9.65. The third kappa shape index (κ3) is 1.87.